The normalized spacial score (nSPS) is 10.9. The highest BCUT2D eigenvalue weighted by atomic mass is 16.5. The average molecular weight is 240 g/mol. The molecule has 0 unspecified atom stereocenters. The zero-order valence-corrected chi connectivity index (χ0v) is 11.5. The SMILES string of the molecule is C/C=C\CCCCCCCCCCOC(C)=O. The fraction of sp³-hybridized carbons (Fsp3) is 0.800. The van der Waals surface area contributed by atoms with E-state index in [9.17, 15) is 4.79 Å². The van der Waals surface area contributed by atoms with Crippen molar-refractivity contribution in [3.05, 3.63) is 12.2 Å². The molecular formula is C15H28O2. The fourth-order valence-electron chi connectivity index (χ4n) is 1.81. The van der Waals surface area contributed by atoms with Crippen LogP contribution in [0.15, 0.2) is 12.2 Å². The Kier molecular flexibility index (Phi) is 12.7. The molecule has 0 aromatic heterocycles. The Morgan fingerprint density at radius 1 is 0.941 bits per heavy atom. The molecule has 17 heavy (non-hydrogen) atoms. The number of allylic oxidation sites excluding steroid dienone is 2. The molecular weight excluding hydrogens is 212 g/mol. The number of hydrogen-bond acceptors (Lipinski definition) is 2. The van der Waals surface area contributed by atoms with Crippen LogP contribution in [0, 0.1) is 0 Å². The molecule has 0 heterocycles. The second-order valence-electron chi connectivity index (χ2n) is 4.53. The van der Waals surface area contributed by atoms with Gasteiger partial charge in [0.05, 0.1) is 6.61 Å². The number of ether oxygens (including phenoxy) is 1. The predicted molar refractivity (Wildman–Crippen MR) is 73.0 cm³/mol. The summed E-state index contributed by atoms with van der Waals surface area (Å²) in [6.45, 7) is 4.14. The largest absolute Gasteiger partial charge is 0.466 e. The van der Waals surface area contributed by atoms with Crippen molar-refractivity contribution in [1.29, 1.82) is 0 Å². The summed E-state index contributed by atoms with van der Waals surface area (Å²) < 4.78 is 4.88. The molecule has 0 bridgehead atoms. The van der Waals surface area contributed by atoms with Gasteiger partial charge in [0.15, 0.2) is 0 Å². The highest BCUT2D eigenvalue weighted by Crippen LogP contribution is 2.09. The molecule has 0 aliphatic rings. The number of unbranched alkanes of at least 4 members (excludes halogenated alkanes) is 8. The Morgan fingerprint density at radius 2 is 1.47 bits per heavy atom. The van der Waals surface area contributed by atoms with Crippen molar-refractivity contribution in [3.8, 4) is 0 Å². The molecule has 0 aromatic carbocycles. The van der Waals surface area contributed by atoms with E-state index >= 15 is 0 Å². The molecule has 0 N–H and O–H groups in total. The molecule has 0 radical (unpaired) electrons. The maximum atomic E-state index is 10.5. The summed E-state index contributed by atoms with van der Waals surface area (Å²) in [7, 11) is 0. The molecule has 0 aliphatic carbocycles. The van der Waals surface area contributed by atoms with Crippen LogP contribution in [0.4, 0.5) is 0 Å². The third-order valence-electron chi connectivity index (χ3n) is 2.81. The van der Waals surface area contributed by atoms with E-state index in [1.165, 1.54) is 58.3 Å². The molecule has 100 valence electrons. The van der Waals surface area contributed by atoms with E-state index in [1.54, 1.807) is 0 Å². The summed E-state index contributed by atoms with van der Waals surface area (Å²) >= 11 is 0. The lowest BCUT2D eigenvalue weighted by molar-refractivity contribution is -0.141. The molecule has 0 amide bonds. The molecule has 0 fully saturated rings. The zero-order valence-electron chi connectivity index (χ0n) is 11.5. The number of carbonyl (C=O) groups excluding carboxylic acids is 1. The standard InChI is InChI=1S/C15H28O2/c1-3-4-5-6-7-8-9-10-11-12-13-14-17-15(2)16/h3-4H,5-14H2,1-2H3/b4-3-. The summed E-state index contributed by atoms with van der Waals surface area (Å²) in [5.41, 5.74) is 0. The van der Waals surface area contributed by atoms with Crippen LogP contribution >= 0.6 is 0 Å². The van der Waals surface area contributed by atoms with Gasteiger partial charge in [-0.2, -0.15) is 0 Å². The average Bonchev–Trinajstić information content (AvgIpc) is 2.30. The number of esters is 1. The van der Waals surface area contributed by atoms with Crippen LogP contribution < -0.4 is 0 Å². The molecule has 0 aromatic rings. The Balaban J connectivity index is 2.96. The van der Waals surface area contributed by atoms with Crippen LogP contribution in [0.25, 0.3) is 0 Å². The number of carbonyl (C=O) groups is 1. The van der Waals surface area contributed by atoms with E-state index in [-0.39, 0.29) is 5.97 Å². The van der Waals surface area contributed by atoms with Crippen LogP contribution in [0.2, 0.25) is 0 Å². The lowest BCUT2D eigenvalue weighted by atomic mass is 10.1. The zero-order chi connectivity index (χ0) is 12.8. The van der Waals surface area contributed by atoms with Crippen molar-refractivity contribution in [1.82, 2.24) is 0 Å². The Bertz CT molecular complexity index is 197. The molecule has 0 aliphatic heterocycles. The minimum Gasteiger partial charge on any atom is -0.466 e. The minimum atomic E-state index is -0.161. The first-order chi connectivity index (χ1) is 8.27. The number of rotatable bonds is 11. The Hall–Kier alpha value is -0.790. The molecule has 2 nitrogen and oxygen atoms in total. The monoisotopic (exact) mass is 240 g/mol. The summed E-state index contributed by atoms with van der Waals surface area (Å²) in [6, 6.07) is 0. The van der Waals surface area contributed by atoms with Crippen LogP contribution in [0.1, 0.15) is 71.6 Å². The topological polar surface area (TPSA) is 26.3 Å². The highest BCUT2D eigenvalue weighted by molar-refractivity contribution is 5.65. The van der Waals surface area contributed by atoms with Crippen LogP contribution in [-0.2, 0) is 9.53 Å². The first kappa shape index (κ1) is 16.2. The van der Waals surface area contributed by atoms with Gasteiger partial charge in [0.1, 0.15) is 0 Å². The summed E-state index contributed by atoms with van der Waals surface area (Å²) in [4.78, 5) is 10.5. The van der Waals surface area contributed by atoms with E-state index in [1.807, 2.05) is 0 Å². The molecule has 0 saturated heterocycles. The van der Waals surface area contributed by atoms with Crippen LogP contribution in [0.3, 0.4) is 0 Å². The third-order valence-corrected chi connectivity index (χ3v) is 2.81. The summed E-state index contributed by atoms with van der Waals surface area (Å²) in [5, 5.41) is 0. The molecule has 0 atom stereocenters. The van der Waals surface area contributed by atoms with Crippen LogP contribution in [-0.4, -0.2) is 12.6 Å². The predicted octanol–water partition coefficient (Wildman–Crippen LogP) is 4.64. The summed E-state index contributed by atoms with van der Waals surface area (Å²) in [5.74, 6) is -0.161. The Labute approximate surface area is 106 Å². The van der Waals surface area contributed by atoms with E-state index in [0.29, 0.717) is 6.61 Å². The van der Waals surface area contributed by atoms with E-state index in [0.717, 1.165) is 6.42 Å². The number of hydrogen-bond donors (Lipinski definition) is 0. The highest BCUT2D eigenvalue weighted by Gasteiger charge is 1.94. The van der Waals surface area contributed by atoms with Gasteiger partial charge in [-0.1, -0.05) is 50.7 Å². The van der Waals surface area contributed by atoms with Gasteiger partial charge >= 0.3 is 5.97 Å². The molecule has 0 rings (SSSR count). The van der Waals surface area contributed by atoms with E-state index in [2.05, 4.69) is 19.1 Å². The van der Waals surface area contributed by atoms with Gasteiger partial charge in [-0.25, -0.2) is 0 Å². The van der Waals surface area contributed by atoms with Crippen molar-refractivity contribution in [3.63, 3.8) is 0 Å². The third kappa shape index (κ3) is 15.2. The fourth-order valence-corrected chi connectivity index (χ4v) is 1.81. The second-order valence-corrected chi connectivity index (χ2v) is 4.53. The molecule has 0 spiro atoms. The molecule has 2 heteroatoms. The van der Waals surface area contributed by atoms with Gasteiger partial charge in [0, 0.05) is 6.92 Å². The lowest BCUT2D eigenvalue weighted by Crippen LogP contribution is -2.00. The van der Waals surface area contributed by atoms with Crippen LogP contribution in [0.5, 0.6) is 0 Å². The van der Waals surface area contributed by atoms with Gasteiger partial charge in [-0.3, -0.25) is 4.79 Å². The molecule has 0 saturated carbocycles. The maximum absolute atomic E-state index is 10.5. The van der Waals surface area contributed by atoms with Gasteiger partial charge < -0.3 is 4.74 Å². The first-order valence-electron chi connectivity index (χ1n) is 7.02. The summed E-state index contributed by atoms with van der Waals surface area (Å²) in [6.07, 6.45) is 15.8. The first-order valence-corrected chi connectivity index (χ1v) is 7.02. The van der Waals surface area contributed by atoms with Gasteiger partial charge in [0.2, 0.25) is 0 Å². The maximum Gasteiger partial charge on any atom is 0.302 e. The van der Waals surface area contributed by atoms with Gasteiger partial charge in [-0.05, 0) is 26.2 Å². The van der Waals surface area contributed by atoms with E-state index < -0.39 is 0 Å². The van der Waals surface area contributed by atoms with Crippen molar-refractivity contribution >= 4 is 5.97 Å². The minimum absolute atomic E-state index is 0.161. The second kappa shape index (κ2) is 13.3. The van der Waals surface area contributed by atoms with Crippen molar-refractivity contribution in [2.75, 3.05) is 6.61 Å². The lowest BCUT2D eigenvalue weighted by Gasteiger charge is -2.02. The van der Waals surface area contributed by atoms with Crippen molar-refractivity contribution in [2.45, 2.75) is 71.6 Å². The smallest absolute Gasteiger partial charge is 0.302 e. The van der Waals surface area contributed by atoms with Crippen molar-refractivity contribution in [2.24, 2.45) is 0 Å². The quantitative estimate of drug-likeness (QED) is 0.299. The van der Waals surface area contributed by atoms with Gasteiger partial charge in [0.25, 0.3) is 0 Å². The van der Waals surface area contributed by atoms with E-state index in [4.69, 9.17) is 4.74 Å². The van der Waals surface area contributed by atoms with Gasteiger partial charge in [-0.15, -0.1) is 0 Å². The Morgan fingerprint density at radius 3 is 2.00 bits per heavy atom. The van der Waals surface area contributed by atoms with Crippen molar-refractivity contribution < 1.29 is 9.53 Å².